The summed E-state index contributed by atoms with van der Waals surface area (Å²) in [5.41, 5.74) is 3.32. The number of aromatic nitrogens is 4. The van der Waals surface area contributed by atoms with Crippen molar-refractivity contribution in [3.8, 4) is 0 Å². The Morgan fingerprint density at radius 2 is 2.10 bits per heavy atom. The molecule has 0 aliphatic heterocycles. The van der Waals surface area contributed by atoms with Gasteiger partial charge in [-0.1, -0.05) is 6.92 Å². The number of imidazole rings is 1. The maximum Gasteiger partial charge on any atom is 0.198 e. The van der Waals surface area contributed by atoms with E-state index in [0.717, 1.165) is 30.8 Å². The zero-order chi connectivity index (χ0) is 14.7. The molecule has 0 fully saturated rings. The minimum atomic E-state index is 0.103. The maximum absolute atomic E-state index is 12.3. The lowest BCUT2D eigenvalue weighted by Crippen LogP contribution is -2.11. The Hall–Kier alpha value is -1.91. The van der Waals surface area contributed by atoms with Gasteiger partial charge in [-0.15, -0.1) is 0 Å². The largest absolute Gasteiger partial charge is 0.329 e. The second kappa shape index (κ2) is 6.03. The number of carbonyl (C=O) groups is 1. The van der Waals surface area contributed by atoms with E-state index < -0.39 is 0 Å². The van der Waals surface area contributed by atoms with Crippen LogP contribution in [0.15, 0.2) is 12.4 Å². The summed E-state index contributed by atoms with van der Waals surface area (Å²) in [5, 5.41) is 4.38. The summed E-state index contributed by atoms with van der Waals surface area (Å²) in [5.74, 6) is 0.678. The first-order chi connectivity index (χ1) is 9.54. The molecule has 0 atom stereocenters. The molecule has 0 aliphatic rings. The average Bonchev–Trinajstić information content (AvgIpc) is 2.95. The Labute approximate surface area is 119 Å². The molecular formula is C15H22N4O. The van der Waals surface area contributed by atoms with Crippen LogP contribution in [0.25, 0.3) is 0 Å². The molecule has 0 amide bonds. The molecule has 2 aromatic rings. The molecule has 0 radical (unpaired) electrons. The molecule has 108 valence electrons. The van der Waals surface area contributed by atoms with Crippen molar-refractivity contribution >= 4 is 5.78 Å². The van der Waals surface area contributed by atoms with E-state index in [1.54, 1.807) is 6.20 Å². The maximum atomic E-state index is 12.3. The third-order valence-electron chi connectivity index (χ3n) is 3.69. The van der Waals surface area contributed by atoms with E-state index in [9.17, 15) is 4.79 Å². The monoisotopic (exact) mass is 274 g/mol. The van der Waals surface area contributed by atoms with Gasteiger partial charge in [-0.2, -0.15) is 5.10 Å². The molecule has 0 aromatic carbocycles. The third-order valence-corrected chi connectivity index (χ3v) is 3.69. The topological polar surface area (TPSA) is 52.7 Å². The summed E-state index contributed by atoms with van der Waals surface area (Å²) in [6.45, 7) is 6.96. The second-order valence-electron chi connectivity index (χ2n) is 5.14. The highest BCUT2D eigenvalue weighted by Gasteiger charge is 2.15. The van der Waals surface area contributed by atoms with Crippen LogP contribution in [-0.4, -0.2) is 25.1 Å². The predicted molar refractivity (Wildman–Crippen MR) is 77.9 cm³/mol. The van der Waals surface area contributed by atoms with Crippen LogP contribution < -0.4 is 0 Å². The van der Waals surface area contributed by atoms with Crippen LogP contribution >= 0.6 is 0 Å². The van der Waals surface area contributed by atoms with Crippen molar-refractivity contribution in [1.82, 2.24) is 19.3 Å². The van der Waals surface area contributed by atoms with Crippen molar-refractivity contribution in [2.45, 2.75) is 46.6 Å². The number of rotatable bonds is 6. The first-order valence-corrected chi connectivity index (χ1v) is 7.08. The molecule has 5 heteroatoms. The van der Waals surface area contributed by atoms with Gasteiger partial charge in [-0.05, 0) is 32.3 Å². The van der Waals surface area contributed by atoms with Gasteiger partial charge in [0, 0.05) is 38.1 Å². The number of carbonyl (C=O) groups excluding carboxylic acids is 1. The molecule has 2 rings (SSSR count). The predicted octanol–water partition coefficient (Wildman–Crippen LogP) is 2.46. The van der Waals surface area contributed by atoms with E-state index in [2.05, 4.69) is 17.0 Å². The minimum Gasteiger partial charge on any atom is -0.329 e. The van der Waals surface area contributed by atoms with Gasteiger partial charge in [0.05, 0.1) is 5.69 Å². The van der Waals surface area contributed by atoms with Gasteiger partial charge < -0.3 is 4.57 Å². The summed E-state index contributed by atoms with van der Waals surface area (Å²) in [6.07, 6.45) is 5.77. The molecule has 2 heterocycles. The summed E-state index contributed by atoms with van der Waals surface area (Å²) < 4.78 is 3.80. The smallest absolute Gasteiger partial charge is 0.198 e. The van der Waals surface area contributed by atoms with Crippen LogP contribution in [0.3, 0.4) is 0 Å². The zero-order valence-corrected chi connectivity index (χ0v) is 12.7. The Kier molecular flexibility index (Phi) is 4.37. The zero-order valence-electron chi connectivity index (χ0n) is 12.7. The van der Waals surface area contributed by atoms with Crippen LogP contribution in [0.2, 0.25) is 0 Å². The molecule has 0 saturated heterocycles. The molecule has 0 N–H and O–H groups in total. The fourth-order valence-electron chi connectivity index (χ4n) is 2.51. The lowest BCUT2D eigenvalue weighted by Gasteiger charge is -2.05. The SMILES string of the molecule is CCCn1ccnc1C(=O)CCc1c(C)nn(C)c1C. The minimum absolute atomic E-state index is 0.103. The Morgan fingerprint density at radius 3 is 2.70 bits per heavy atom. The summed E-state index contributed by atoms with van der Waals surface area (Å²) >= 11 is 0. The van der Waals surface area contributed by atoms with Gasteiger partial charge >= 0.3 is 0 Å². The highest BCUT2D eigenvalue weighted by atomic mass is 16.1. The molecule has 2 aromatic heterocycles. The van der Waals surface area contributed by atoms with Crippen LogP contribution in [0.4, 0.5) is 0 Å². The fourth-order valence-corrected chi connectivity index (χ4v) is 2.51. The van der Waals surface area contributed by atoms with E-state index in [0.29, 0.717) is 12.2 Å². The van der Waals surface area contributed by atoms with Crippen LogP contribution in [0.1, 0.15) is 47.3 Å². The van der Waals surface area contributed by atoms with Gasteiger partial charge in [0.2, 0.25) is 0 Å². The van der Waals surface area contributed by atoms with Gasteiger partial charge in [0.1, 0.15) is 0 Å². The van der Waals surface area contributed by atoms with Crippen LogP contribution in [0.5, 0.6) is 0 Å². The Balaban J connectivity index is 2.07. The summed E-state index contributed by atoms with van der Waals surface area (Å²) in [6, 6.07) is 0. The van der Waals surface area contributed by atoms with E-state index in [-0.39, 0.29) is 5.78 Å². The van der Waals surface area contributed by atoms with Crippen LogP contribution in [-0.2, 0) is 20.0 Å². The lowest BCUT2D eigenvalue weighted by molar-refractivity contribution is 0.0968. The molecule has 0 bridgehead atoms. The van der Waals surface area contributed by atoms with Crippen LogP contribution in [0, 0.1) is 13.8 Å². The second-order valence-corrected chi connectivity index (χ2v) is 5.14. The lowest BCUT2D eigenvalue weighted by atomic mass is 10.1. The third kappa shape index (κ3) is 2.81. The first kappa shape index (κ1) is 14.5. The van der Waals surface area contributed by atoms with Crippen molar-refractivity contribution in [2.24, 2.45) is 7.05 Å². The molecule has 0 unspecified atom stereocenters. The molecule has 20 heavy (non-hydrogen) atoms. The van der Waals surface area contributed by atoms with Gasteiger partial charge in [-0.25, -0.2) is 4.98 Å². The first-order valence-electron chi connectivity index (χ1n) is 7.08. The van der Waals surface area contributed by atoms with Crippen molar-refractivity contribution in [3.63, 3.8) is 0 Å². The number of Topliss-reactive ketones (excluding diaryl/α,β-unsaturated/α-hetero) is 1. The van der Waals surface area contributed by atoms with E-state index >= 15 is 0 Å². The van der Waals surface area contributed by atoms with Crippen molar-refractivity contribution in [1.29, 1.82) is 0 Å². The van der Waals surface area contributed by atoms with Crippen molar-refractivity contribution in [2.75, 3.05) is 0 Å². The van der Waals surface area contributed by atoms with Gasteiger partial charge in [0.15, 0.2) is 11.6 Å². The highest BCUT2D eigenvalue weighted by Crippen LogP contribution is 2.15. The Bertz CT molecular complexity index is 609. The number of hydrogen-bond donors (Lipinski definition) is 0. The molecule has 0 saturated carbocycles. The van der Waals surface area contributed by atoms with Crippen molar-refractivity contribution in [3.05, 3.63) is 35.2 Å². The van der Waals surface area contributed by atoms with E-state index in [1.165, 1.54) is 5.56 Å². The van der Waals surface area contributed by atoms with Gasteiger partial charge in [0.25, 0.3) is 0 Å². The highest BCUT2D eigenvalue weighted by molar-refractivity contribution is 5.92. The Morgan fingerprint density at radius 1 is 1.35 bits per heavy atom. The van der Waals surface area contributed by atoms with E-state index in [4.69, 9.17) is 0 Å². The molecule has 5 nitrogen and oxygen atoms in total. The number of ketones is 1. The molecular weight excluding hydrogens is 252 g/mol. The number of aryl methyl sites for hydroxylation is 3. The van der Waals surface area contributed by atoms with E-state index in [1.807, 2.05) is 36.3 Å². The summed E-state index contributed by atoms with van der Waals surface area (Å²) in [7, 11) is 1.93. The standard InChI is InChI=1S/C15H22N4O/c1-5-9-19-10-8-16-15(19)14(20)7-6-13-11(2)17-18(4)12(13)3/h8,10H,5-7,9H2,1-4H3. The number of nitrogens with zero attached hydrogens (tertiary/aromatic N) is 4. The molecule has 0 spiro atoms. The quantitative estimate of drug-likeness (QED) is 0.760. The van der Waals surface area contributed by atoms with Crippen molar-refractivity contribution < 1.29 is 4.79 Å². The normalized spacial score (nSPS) is 11.0. The summed E-state index contributed by atoms with van der Waals surface area (Å²) in [4.78, 5) is 16.5. The number of hydrogen-bond acceptors (Lipinski definition) is 3. The van der Waals surface area contributed by atoms with Gasteiger partial charge in [-0.3, -0.25) is 9.48 Å². The molecule has 0 aliphatic carbocycles. The fraction of sp³-hybridized carbons (Fsp3) is 0.533. The average molecular weight is 274 g/mol.